The molecule has 1 aromatic carbocycles. The molecule has 1 rings (SSSR count). The molecule has 0 radical (unpaired) electrons. The molecule has 132 valence electrons. The number of hydrogen-bond donors (Lipinski definition) is 2. The van der Waals surface area contributed by atoms with Crippen molar-refractivity contribution in [2.75, 3.05) is 18.9 Å². The first kappa shape index (κ1) is 20.0. The Morgan fingerprint density at radius 3 is 2.50 bits per heavy atom. The van der Waals surface area contributed by atoms with Gasteiger partial charge in [0, 0.05) is 17.2 Å². The number of carbonyl (C=O) groups excluding carboxylic acids is 3. The molecule has 3 amide bonds. The van der Waals surface area contributed by atoms with Gasteiger partial charge in [-0.2, -0.15) is 0 Å². The van der Waals surface area contributed by atoms with E-state index in [1.807, 2.05) is 13.8 Å². The smallest absolute Gasteiger partial charge is 0.321 e. The number of thioether (sulfide) groups is 1. The zero-order chi connectivity index (χ0) is 17.9. The average Bonchev–Trinajstić information content (AvgIpc) is 2.53. The second-order valence-electron chi connectivity index (χ2n) is 5.37. The van der Waals surface area contributed by atoms with Crippen molar-refractivity contribution in [2.24, 2.45) is 5.92 Å². The van der Waals surface area contributed by atoms with E-state index in [4.69, 9.17) is 4.74 Å². The van der Waals surface area contributed by atoms with Gasteiger partial charge in [-0.1, -0.05) is 13.8 Å². The molecule has 2 N–H and O–H groups in total. The van der Waals surface area contributed by atoms with Crippen molar-refractivity contribution in [1.82, 2.24) is 10.6 Å². The largest absolute Gasteiger partial charge is 0.456 e. The lowest BCUT2D eigenvalue weighted by Crippen LogP contribution is -2.42. The lowest BCUT2D eigenvalue weighted by Gasteiger charge is -2.09. The van der Waals surface area contributed by atoms with E-state index in [0.29, 0.717) is 12.3 Å². The maximum atomic E-state index is 12.7. The number of esters is 1. The number of rotatable bonds is 8. The van der Waals surface area contributed by atoms with Gasteiger partial charge in [0.2, 0.25) is 0 Å². The predicted octanol–water partition coefficient (Wildman–Crippen LogP) is 2.33. The van der Waals surface area contributed by atoms with Crippen LogP contribution in [0.15, 0.2) is 29.2 Å². The normalized spacial score (nSPS) is 10.3. The van der Waals surface area contributed by atoms with Crippen molar-refractivity contribution in [3.63, 3.8) is 0 Å². The fourth-order valence-electron chi connectivity index (χ4n) is 1.50. The molecule has 0 unspecified atom stereocenters. The fraction of sp³-hybridized carbons (Fsp3) is 0.438. The summed E-state index contributed by atoms with van der Waals surface area (Å²) in [5, 5.41) is 4.59. The minimum Gasteiger partial charge on any atom is -0.456 e. The highest BCUT2D eigenvalue weighted by Gasteiger charge is 2.11. The van der Waals surface area contributed by atoms with E-state index in [0.717, 1.165) is 4.90 Å². The van der Waals surface area contributed by atoms with Crippen LogP contribution < -0.4 is 10.6 Å². The van der Waals surface area contributed by atoms with Gasteiger partial charge in [0.25, 0.3) is 5.91 Å². The first-order chi connectivity index (χ1) is 11.4. The summed E-state index contributed by atoms with van der Waals surface area (Å²) in [6.07, 6.45) is 0.106. The SMILES string of the molecule is CC(C)CNC(=O)NC(=O)COC(=O)CCSc1ccc(F)cc1. The Balaban J connectivity index is 2.15. The minimum atomic E-state index is -0.684. The number of nitrogens with one attached hydrogen (secondary N) is 2. The van der Waals surface area contributed by atoms with Crippen LogP contribution in [0, 0.1) is 11.7 Å². The lowest BCUT2D eigenvalue weighted by atomic mass is 10.2. The number of imide groups is 1. The van der Waals surface area contributed by atoms with Gasteiger partial charge >= 0.3 is 12.0 Å². The van der Waals surface area contributed by atoms with Gasteiger partial charge in [0.1, 0.15) is 5.82 Å². The lowest BCUT2D eigenvalue weighted by molar-refractivity contribution is -0.147. The standard InChI is InChI=1S/C16H21FN2O4S/c1-11(2)9-18-16(22)19-14(20)10-23-15(21)7-8-24-13-5-3-12(17)4-6-13/h3-6,11H,7-10H2,1-2H3,(H2,18,19,20,22). The first-order valence-electron chi connectivity index (χ1n) is 7.48. The summed E-state index contributed by atoms with van der Waals surface area (Å²) in [6.45, 7) is 3.79. The third-order valence-electron chi connectivity index (χ3n) is 2.68. The molecule has 8 heteroatoms. The fourth-order valence-corrected chi connectivity index (χ4v) is 2.34. The summed E-state index contributed by atoms with van der Waals surface area (Å²) < 4.78 is 17.5. The van der Waals surface area contributed by atoms with Crippen molar-refractivity contribution in [3.05, 3.63) is 30.1 Å². The monoisotopic (exact) mass is 356 g/mol. The Labute approximate surface area is 144 Å². The second kappa shape index (κ2) is 10.6. The third kappa shape index (κ3) is 9.14. The average molecular weight is 356 g/mol. The van der Waals surface area contributed by atoms with Crippen LogP contribution >= 0.6 is 11.8 Å². The maximum absolute atomic E-state index is 12.7. The number of benzene rings is 1. The van der Waals surface area contributed by atoms with E-state index in [9.17, 15) is 18.8 Å². The number of carbonyl (C=O) groups is 3. The Morgan fingerprint density at radius 2 is 1.88 bits per heavy atom. The van der Waals surface area contributed by atoms with Crippen molar-refractivity contribution in [2.45, 2.75) is 25.2 Å². The van der Waals surface area contributed by atoms with Crippen LogP contribution in [-0.2, 0) is 14.3 Å². The van der Waals surface area contributed by atoms with Gasteiger partial charge in [-0.15, -0.1) is 11.8 Å². The van der Waals surface area contributed by atoms with E-state index in [2.05, 4.69) is 10.6 Å². The topological polar surface area (TPSA) is 84.5 Å². The molecule has 0 saturated heterocycles. The number of hydrogen-bond acceptors (Lipinski definition) is 5. The summed E-state index contributed by atoms with van der Waals surface area (Å²) >= 11 is 1.38. The highest BCUT2D eigenvalue weighted by molar-refractivity contribution is 7.99. The molecule has 24 heavy (non-hydrogen) atoms. The van der Waals surface area contributed by atoms with Crippen molar-refractivity contribution in [1.29, 1.82) is 0 Å². The molecule has 0 fully saturated rings. The molecule has 0 heterocycles. The highest BCUT2D eigenvalue weighted by atomic mass is 32.2. The van der Waals surface area contributed by atoms with E-state index in [-0.39, 0.29) is 18.2 Å². The molecule has 0 atom stereocenters. The Kier molecular flexibility index (Phi) is 8.85. The first-order valence-corrected chi connectivity index (χ1v) is 8.47. The van der Waals surface area contributed by atoms with Crippen LogP contribution in [0.5, 0.6) is 0 Å². The third-order valence-corrected chi connectivity index (χ3v) is 3.69. The summed E-state index contributed by atoms with van der Waals surface area (Å²) in [4.78, 5) is 35.1. The van der Waals surface area contributed by atoms with Crippen LogP contribution in [0.2, 0.25) is 0 Å². The van der Waals surface area contributed by atoms with Crippen LogP contribution in [0.3, 0.4) is 0 Å². The second-order valence-corrected chi connectivity index (χ2v) is 6.53. The number of urea groups is 1. The molecule has 0 bridgehead atoms. The van der Waals surface area contributed by atoms with E-state index >= 15 is 0 Å². The zero-order valence-corrected chi connectivity index (χ0v) is 14.5. The minimum absolute atomic E-state index is 0.106. The van der Waals surface area contributed by atoms with Gasteiger partial charge in [-0.3, -0.25) is 14.9 Å². The van der Waals surface area contributed by atoms with Gasteiger partial charge in [-0.25, -0.2) is 9.18 Å². The number of halogens is 1. The molecule has 0 aromatic heterocycles. The summed E-state index contributed by atoms with van der Waals surface area (Å²) in [7, 11) is 0. The van der Waals surface area contributed by atoms with Crippen LogP contribution in [0.25, 0.3) is 0 Å². The van der Waals surface area contributed by atoms with E-state index < -0.39 is 24.5 Å². The van der Waals surface area contributed by atoms with Crippen LogP contribution in [-0.4, -0.2) is 36.8 Å². The predicted molar refractivity (Wildman–Crippen MR) is 89.1 cm³/mol. The van der Waals surface area contributed by atoms with Crippen molar-refractivity contribution in [3.8, 4) is 0 Å². The summed E-state index contributed by atoms with van der Waals surface area (Å²) in [5.41, 5.74) is 0. The quantitative estimate of drug-likeness (QED) is 0.552. The van der Waals surface area contributed by atoms with Crippen LogP contribution in [0.4, 0.5) is 9.18 Å². The molecular formula is C16H21FN2O4S. The zero-order valence-electron chi connectivity index (χ0n) is 13.6. The Morgan fingerprint density at radius 1 is 1.21 bits per heavy atom. The maximum Gasteiger partial charge on any atom is 0.321 e. The molecular weight excluding hydrogens is 335 g/mol. The highest BCUT2D eigenvalue weighted by Crippen LogP contribution is 2.18. The number of ether oxygens (including phenoxy) is 1. The van der Waals surface area contributed by atoms with Gasteiger partial charge in [-0.05, 0) is 30.2 Å². The Hall–Kier alpha value is -2.09. The molecule has 0 saturated carbocycles. The van der Waals surface area contributed by atoms with Crippen LogP contribution in [0.1, 0.15) is 20.3 Å². The van der Waals surface area contributed by atoms with E-state index in [1.165, 1.54) is 23.9 Å². The van der Waals surface area contributed by atoms with Crippen molar-refractivity contribution >= 4 is 29.7 Å². The molecule has 1 aromatic rings. The molecule has 0 spiro atoms. The van der Waals surface area contributed by atoms with Crippen molar-refractivity contribution < 1.29 is 23.5 Å². The van der Waals surface area contributed by atoms with Gasteiger partial charge < -0.3 is 10.1 Å². The van der Waals surface area contributed by atoms with Gasteiger partial charge in [0.15, 0.2) is 6.61 Å². The molecule has 0 aliphatic carbocycles. The molecule has 0 aliphatic heterocycles. The Bertz CT molecular complexity index is 564. The van der Waals surface area contributed by atoms with E-state index in [1.54, 1.807) is 12.1 Å². The number of amides is 3. The molecule has 6 nitrogen and oxygen atoms in total. The summed E-state index contributed by atoms with van der Waals surface area (Å²) in [6, 6.07) is 5.31. The van der Waals surface area contributed by atoms with Gasteiger partial charge in [0.05, 0.1) is 6.42 Å². The summed E-state index contributed by atoms with van der Waals surface area (Å²) in [5.74, 6) is -0.830. The molecule has 0 aliphatic rings.